The van der Waals surface area contributed by atoms with E-state index in [1.807, 2.05) is 24.3 Å². The zero-order valence-corrected chi connectivity index (χ0v) is 15.8. The molecule has 1 aromatic heterocycles. The van der Waals surface area contributed by atoms with Gasteiger partial charge in [-0.05, 0) is 66.5 Å². The van der Waals surface area contributed by atoms with Gasteiger partial charge in [-0.2, -0.15) is 0 Å². The largest absolute Gasteiger partial charge is 0.348 e. The van der Waals surface area contributed by atoms with Crippen LogP contribution in [0.1, 0.15) is 36.2 Å². The number of nitrogens with zero attached hydrogens (tertiary/aromatic N) is 2. The number of hydrogen-bond donors (Lipinski definition) is 1. The predicted molar refractivity (Wildman–Crippen MR) is 106 cm³/mol. The fraction of sp³-hybridized carbons (Fsp3) is 0.304. The van der Waals surface area contributed by atoms with Crippen LogP contribution in [0, 0.1) is 23.5 Å². The minimum atomic E-state index is -0.874. The highest BCUT2D eigenvalue weighted by Gasteiger charge is 2.40. The van der Waals surface area contributed by atoms with E-state index in [-0.39, 0.29) is 11.9 Å². The first-order valence-electron chi connectivity index (χ1n) is 9.97. The summed E-state index contributed by atoms with van der Waals surface area (Å²) < 4.78 is 28.4. The van der Waals surface area contributed by atoms with Crippen LogP contribution < -0.4 is 5.32 Å². The molecule has 4 nitrogen and oxygen atoms in total. The molecule has 2 aliphatic carbocycles. The van der Waals surface area contributed by atoms with Gasteiger partial charge in [-0.25, -0.2) is 13.8 Å². The number of nitrogens with one attached hydrogen (secondary N) is 1. The molecule has 1 N–H and O–H groups in total. The minimum Gasteiger partial charge on any atom is -0.348 e. The Kier molecular flexibility index (Phi) is 4.42. The quantitative estimate of drug-likeness (QED) is 0.696. The van der Waals surface area contributed by atoms with Gasteiger partial charge in [0.2, 0.25) is 0 Å². The first-order valence-corrected chi connectivity index (χ1v) is 9.97. The molecule has 2 aromatic carbocycles. The van der Waals surface area contributed by atoms with Crippen molar-refractivity contribution in [2.75, 3.05) is 0 Å². The van der Waals surface area contributed by atoms with Gasteiger partial charge in [0, 0.05) is 11.7 Å². The molecule has 0 radical (unpaired) electrons. The Labute approximate surface area is 167 Å². The third-order valence-electron chi connectivity index (χ3n) is 6.32. The van der Waals surface area contributed by atoms with Crippen molar-refractivity contribution in [3.63, 3.8) is 0 Å². The molecule has 5 rings (SSSR count). The second-order valence-electron chi connectivity index (χ2n) is 8.08. The van der Waals surface area contributed by atoms with Gasteiger partial charge in [0.15, 0.2) is 11.6 Å². The summed E-state index contributed by atoms with van der Waals surface area (Å²) in [6.07, 6.45) is 8.00. The molecule has 3 atom stereocenters. The third-order valence-corrected chi connectivity index (χ3v) is 6.32. The molecular formula is C23H21F2N3O. The Morgan fingerprint density at radius 2 is 1.79 bits per heavy atom. The Bertz CT molecular complexity index is 1060. The van der Waals surface area contributed by atoms with Crippen LogP contribution in [0.2, 0.25) is 0 Å². The maximum absolute atomic E-state index is 13.5. The summed E-state index contributed by atoms with van der Waals surface area (Å²) in [4.78, 5) is 17.0. The molecule has 2 bridgehead atoms. The molecule has 29 heavy (non-hydrogen) atoms. The lowest BCUT2D eigenvalue weighted by atomic mass is 9.95. The molecule has 0 spiro atoms. The van der Waals surface area contributed by atoms with E-state index in [2.05, 4.69) is 10.3 Å². The van der Waals surface area contributed by atoms with Gasteiger partial charge in [0.1, 0.15) is 5.69 Å². The number of imidazole rings is 1. The average Bonchev–Trinajstić information content (AvgIpc) is 3.47. The van der Waals surface area contributed by atoms with Gasteiger partial charge < -0.3 is 5.32 Å². The van der Waals surface area contributed by atoms with E-state index in [1.165, 1.54) is 25.3 Å². The topological polar surface area (TPSA) is 46.9 Å². The summed E-state index contributed by atoms with van der Waals surface area (Å²) >= 11 is 0. The van der Waals surface area contributed by atoms with Gasteiger partial charge in [-0.15, -0.1) is 0 Å². The van der Waals surface area contributed by atoms with Crippen molar-refractivity contribution in [1.82, 2.24) is 14.9 Å². The van der Waals surface area contributed by atoms with Crippen molar-refractivity contribution in [2.24, 2.45) is 11.8 Å². The third kappa shape index (κ3) is 3.33. The number of rotatable bonds is 4. The molecule has 2 aliphatic rings. The van der Waals surface area contributed by atoms with Crippen molar-refractivity contribution in [3.8, 4) is 16.8 Å². The van der Waals surface area contributed by atoms with Crippen LogP contribution in [-0.4, -0.2) is 21.5 Å². The van der Waals surface area contributed by atoms with E-state index in [9.17, 15) is 13.6 Å². The van der Waals surface area contributed by atoms with Crippen LogP contribution >= 0.6 is 0 Å². The lowest BCUT2D eigenvalue weighted by Gasteiger charge is -2.23. The van der Waals surface area contributed by atoms with Crippen LogP contribution in [0.3, 0.4) is 0 Å². The lowest BCUT2D eigenvalue weighted by Crippen LogP contribution is -2.39. The summed E-state index contributed by atoms with van der Waals surface area (Å²) in [7, 11) is 0. The Balaban J connectivity index is 1.36. The van der Waals surface area contributed by atoms with Gasteiger partial charge in [-0.3, -0.25) is 9.36 Å². The minimum absolute atomic E-state index is 0.107. The van der Waals surface area contributed by atoms with Crippen LogP contribution in [0.5, 0.6) is 0 Å². The van der Waals surface area contributed by atoms with E-state index in [0.717, 1.165) is 29.7 Å². The number of hydrogen-bond acceptors (Lipinski definition) is 2. The predicted octanol–water partition coefficient (Wildman–Crippen LogP) is 4.74. The molecule has 0 unspecified atom stereocenters. The first kappa shape index (κ1) is 18.0. The smallest absolute Gasteiger partial charge is 0.270 e. The highest BCUT2D eigenvalue weighted by atomic mass is 19.2. The van der Waals surface area contributed by atoms with Crippen molar-refractivity contribution in [1.29, 1.82) is 0 Å². The van der Waals surface area contributed by atoms with E-state index in [1.54, 1.807) is 23.2 Å². The SMILES string of the molecule is O=C(N[C@@H]1C[C@H]2CC[C@H]1C2)c1cncn1-c1ccc(-c2ccc(F)c(F)c2)cc1. The van der Waals surface area contributed by atoms with Crippen LogP contribution in [0.15, 0.2) is 55.0 Å². The molecule has 2 saturated carbocycles. The Morgan fingerprint density at radius 3 is 2.48 bits per heavy atom. The zero-order chi connectivity index (χ0) is 20.0. The molecule has 0 saturated heterocycles. The number of aromatic nitrogens is 2. The fourth-order valence-electron chi connectivity index (χ4n) is 4.82. The highest BCUT2D eigenvalue weighted by Crippen LogP contribution is 2.44. The summed E-state index contributed by atoms with van der Waals surface area (Å²) in [5, 5.41) is 3.19. The van der Waals surface area contributed by atoms with Gasteiger partial charge in [-0.1, -0.05) is 24.6 Å². The molecule has 2 fully saturated rings. The van der Waals surface area contributed by atoms with Gasteiger partial charge in [0.25, 0.3) is 5.91 Å². The number of fused-ring (bicyclic) bond motifs is 2. The number of halogens is 2. The van der Waals surface area contributed by atoms with E-state index in [4.69, 9.17) is 0 Å². The lowest BCUT2D eigenvalue weighted by molar-refractivity contribution is 0.0916. The molecule has 0 aliphatic heterocycles. The monoisotopic (exact) mass is 393 g/mol. The van der Waals surface area contributed by atoms with Gasteiger partial charge >= 0.3 is 0 Å². The van der Waals surface area contributed by atoms with Crippen molar-refractivity contribution in [3.05, 3.63) is 72.3 Å². The standard InChI is InChI=1S/C23H21F2N3O/c24-19-8-5-16(11-20(19)25)15-3-6-18(7-4-15)28-13-26-12-22(28)23(29)27-21-10-14-1-2-17(21)9-14/h3-8,11-14,17,21H,1-2,9-10H2,(H,27,29)/t14-,17-,21+/m0/s1. The Morgan fingerprint density at radius 1 is 1.00 bits per heavy atom. The van der Waals surface area contributed by atoms with E-state index in [0.29, 0.717) is 17.2 Å². The fourth-order valence-corrected chi connectivity index (χ4v) is 4.82. The second kappa shape index (κ2) is 7.10. The molecular weight excluding hydrogens is 372 g/mol. The number of benzene rings is 2. The maximum Gasteiger partial charge on any atom is 0.270 e. The number of carbonyl (C=O) groups excluding carboxylic acids is 1. The Hall–Kier alpha value is -3.02. The maximum atomic E-state index is 13.5. The number of amides is 1. The average molecular weight is 393 g/mol. The van der Waals surface area contributed by atoms with E-state index < -0.39 is 11.6 Å². The van der Waals surface area contributed by atoms with Crippen molar-refractivity contribution >= 4 is 5.91 Å². The summed E-state index contributed by atoms with van der Waals surface area (Å²) in [6.45, 7) is 0. The normalized spacial score (nSPS) is 22.8. The molecule has 3 aromatic rings. The molecule has 6 heteroatoms. The molecule has 1 amide bonds. The van der Waals surface area contributed by atoms with Crippen molar-refractivity contribution < 1.29 is 13.6 Å². The van der Waals surface area contributed by atoms with Gasteiger partial charge in [0.05, 0.1) is 12.5 Å². The van der Waals surface area contributed by atoms with Crippen LogP contribution in [-0.2, 0) is 0 Å². The van der Waals surface area contributed by atoms with Crippen LogP contribution in [0.25, 0.3) is 16.8 Å². The van der Waals surface area contributed by atoms with Crippen molar-refractivity contribution in [2.45, 2.75) is 31.7 Å². The highest BCUT2D eigenvalue weighted by molar-refractivity contribution is 5.93. The molecule has 1 heterocycles. The van der Waals surface area contributed by atoms with E-state index >= 15 is 0 Å². The second-order valence-corrected chi connectivity index (χ2v) is 8.08. The number of carbonyl (C=O) groups is 1. The zero-order valence-electron chi connectivity index (χ0n) is 15.8. The summed E-state index contributed by atoms with van der Waals surface area (Å²) in [5.74, 6) is -0.477. The summed E-state index contributed by atoms with van der Waals surface area (Å²) in [5.41, 5.74) is 2.64. The first-order chi connectivity index (χ1) is 14.1. The van der Waals surface area contributed by atoms with Crippen LogP contribution in [0.4, 0.5) is 8.78 Å². The molecule has 148 valence electrons. The summed E-state index contributed by atoms with van der Waals surface area (Å²) in [6, 6.07) is 11.4.